The number of carbonyl (C=O) groups is 1. The highest BCUT2D eigenvalue weighted by Gasteiger charge is 2.20. The van der Waals surface area contributed by atoms with Gasteiger partial charge in [-0.2, -0.15) is 0 Å². The second-order valence-corrected chi connectivity index (χ2v) is 5.92. The Labute approximate surface area is 152 Å². The van der Waals surface area contributed by atoms with E-state index in [4.69, 9.17) is 20.8 Å². The van der Waals surface area contributed by atoms with Gasteiger partial charge in [0.2, 0.25) is 6.86 Å². The predicted molar refractivity (Wildman–Crippen MR) is 97.5 cm³/mol. The fourth-order valence-corrected chi connectivity index (χ4v) is 2.91. The number of rotatable bonds is 4. The normalized spacial score (nSPS) is 11.0. The molecule has 0 unspecified atom stereocenters. The maximum absolute atomic E-state index is 12.8. The Morgan fingerprint density at radius 3 is 2.81 bits per heavy atom. The first-order valence-electron chi connectivity index (χ1n) is 7.73. The smallest absolute Gasteiger partial charge is 0.257 e. The highest BCUT2D eigenvalue weighted by atomic mass is 35.5. The van der Waals surface area contributed by atoms with Crippen LogP contribution in [-0.2, 0) is 0 Å². The monoisotopic (exact) mass is 370 g/mol. The number of ether oxygens (including phenoxy) is 1. The van der Waals surface area contributed by atoms with Crippen LogP contribution in [0.4, 0.5) is 10.2 Å². The lowest BCUT2D eigenvalue weighted by atomic mass is 10.1. The summed E-state index contributed by atoms with van der Waals surface area (Å²) in [6, 6.07) is 13.6. The van der Waals surface area contributed by atoms with E-state index in [9.17, 15) is 9.18 Å². The molecule has 1 N–H and O–H groups in total. The molecule has 0 aliphatic heterocycles. The molecule has 0 saturated carbocycles. The number of fused-ring (bicyclic) bond motifs is 3. The van der Waals surface area contributed by atoms with Gasteiger partial charge in [-0.25, -0.2) is 9.37 Å². The van der Waals surface area contributed by atoms with Gasteiger partial charge in [0.25, 0.3) is 5.91 Å². The van der Waals surface area contributed by atoms with Crippen molar-refractivity contribution in [3.63, 3.8) is 0 Å². The molecule has 0 aliphatic carbocycles. The van der Waals surface area contributed by atoms with E-state index in [2.05, 4.69) is 10.3 Å². The number of alkyl halides is 1. The zero-order valence-corrected chi connectivity index (χ0v) is 14.1. The summed E-state index contributed by atoms with van der Waals surface area (Å²) < 4.78 is 23.5. The van der Waals surface area contributed by atoms with Crippen LogP contribution in [0.2, 0.25) is 5.02 Å². The number of benzene rings is 2. The molecule has 1 amide bonds. The van der Waals surface area contributed by atoms with Crippen molar-refractivity contribution in [3.05, 3.63) is 65.3 Å². The molecule has 0 fully saturated rings. The first-order chi connectivity index (χ1) is 12.7. The van der Waals surface area contributed by atoms with Gasteiger partial charge < -0.3 is 14.5 Å². The van der Waals surface area contributed by atoms with Crippen molar-refractivity contribution in [1.29, 1.82) is 0 Å². The third-order valence-electron chi connectivity index (χ3n) is 3.91. The van der Waals surface area contributed by atoms with Gasteiger partial charge in [-0.3, -0.25) is 4.79 Å². The molecule has 7 heteroatoms. The molecule has 2 aromatic heterocycles. The summed E-state index contributed by atoms with van der Waals surface area (Å²) in [5.41, 5.74) is 1.27. The molecule has 2 heterocycles. The minimum atomic E-state index is -0.994. The largest absolute Gasteiger partial charge is 0.459 e. The Hall–Kier alpha value is -3.12. The van der Waals surface area contributed by atoms with Gasteiger partial charge in [0.15, 0.2) is 11.3 Å². The van der Waals surface area contributed by atoms with Gasteiger partial charge >= 0.3 is 0 Å². The topological polar surface area (TPSA) is 64.4 Å². The van der Waals surface area contributed by atoms with Gasteiger partial charge in [-0.15, -0.1) is 0 Å². The van der Waals surface area contributed by atoms with E-state index in [0.29, 0.717) is 33.0 Å². The van der Waals surface area contributed by atoms with Crippen molar-refractivity contribution >= 4 is 45.3 Å². The molecule has 26 heavy (non-hydrogen) atoms. The molecule has 130 valence electrons. The fourth-order valence-electron chi connectivity index (χ4n) is 2.80. The molecule has 0 spiro atoms. The molecule has 2 aromatic carbocycles. The lowest BCUT2D eigenvalue weighted by molar-refractivity contribution is 0.102. The Kier molecular flexibility index (Phi) is 4.18. The van der Waals surface area contributed by atoms with Gasteiger partial charge in [-0.1, -0.05) is 29.8 Å². The lowest BCUT2D eigenvalue weighted by Crippen LogP contribution is -2.13. The van der Waals surface area contributed by atoms with Crippen LogP contribution < -0.4 is 10.1 Å². The van der Waals surface area contributed by atoms with Crippen LogP contribution >= 0.6 is 11.6 Å². The second-order valence-electron chi connectivity index (χ2n) is 5.48. The summed E-state index contributed by atoms with van der Waals surface area (Å²) in [4.78, 5) is 16.8. The fraction of sp³-hybridized carbons (Fsp3) is 0.0526. The van der Waals surface area contributed by atoms with Crippen molar-refractivity contribution in [2.75, 3.05) is 12.2 Å². The first kappa shape index (κ1) is 16.4. The van der Waals surface area contributed by atoms with E-state index in [1.807, 2.05) is 18.2 Å². The SMILES string of the molecule is O=C(Nc1ccc(Cl)cn1)c1ccc(OCF)c2oc3ccccc3c12. The number of carbonyl (C=O) groups excluding carboxylic acids is 1. The molecule has 0 atom stereocenters. The maximum atomic E-state index is 12.8. The van der Waals surface area contributed by atoms with Crippen LogP contribution in [0.3, 0.4) is 0 Å². The minimum absolute atomic E-state index is 0.236. The number of anilines is 1. The zero-order chi connectivity index (χ0) is 18.1. The summed E-state index contributed by atoms with van der Waals surface area (Å²) in [6.45, 7) is -0.994. The van der Waals surface area contributed by atoms with Gasteiger partial charge in [0.1, 0.15) is 11.4 Å². The number of hydrogen-bond donors (Lipinski definition) is 1. The van der Waals surface area contributed by atoms with Crippen LogP contribution in [0.15, 0.2) is 59.1 Å². The minimum Gasteiger partial charge on any atom is -0.459 e. The standard InChI is InChI=1S/C19H12ClFN2O3/c20-11-5-8-16(22-9-11)23-19(24)13-6-7-15(25-10-21)18-17(13)12-3-1-2-4-14(12)26-18/h1-9H,10H2,(H,22,23,24). The van der Waals surface area contributed by atoms with E-state index in [0.717, 1.165) is 5.39 Å². The van der Waals surface area contributed by atoms with Gasteiger partial charge in [0, 0.05) is 17.0 Å². The molecular weight excluding hydrogens is 359 g/mol. The van der Waals surface area contributed by atoms with E-state index in [-0.39, 0.29) is 11.7 Å². The summed E-state index contributed by atoms with van der Waals surface area (Å²) in [6.07, 6.45) is 1.44. The Balaban J connectivity index is 1.85. The zero-order valence-electron chi connectivity index (χ0n) is 13.3. The summed E-state index contributed by atoms with van der Waals surface area (Å²) >= 11 is 5.81. The summed E-state index contributed by atoms with van der Waals surface area (Å²) in [5.74, 6) is 0.229. The molecule has 0 saturated heterocycles. The molecule has 5 nitrogen and oxygen atoms in total. The third-order valence-corrected chi connectivity index (χ3v) is 4.14. The van der Waals surface area contributed by atoms with Crippen molar-refractivity contribution in [2.45, 2.75) is 0 Å². The Morgan fingerprint density at radius 2 is 2.04 bits per heavy atom. The van der Waals surface area contributed by atoms with Crippen LogP contribution in [0.25, 0.3) is 21.9 Å². The first-order valence-corrected chi connectivity index (χ1v) is 8.11. The van der Waals surface area contributed by atoms with Crippen LogP contribution in [0.5, 0.6) is 5.75 Å². The van der Waals surface area contributed by atoms with E-state index < -0.39 is 6.86 Å². The second kappa shape index (κ2) is 6.65. The van der Waals surface area contributed by atoms with Crippen LogP contribution in [0, 0.1) is 0 Å². The molecular formula is C19H12ClFN2O3. The van der Waals surface area contributed by atoms with E-state index in [1.54, 1.807) is 24.3 Å². The number of hydrogen-bond acceptors (Lipinski definition) is 4. The number of aromatic nitrogens is 1. The van der Waals surface area contributed by atoms with Crippen molar-refractivity contribution in [1.82, 2.24) is 4.98 Å². The molecule has 4 rings (SSSR count). The van der Waals surface area contributed by atoms with Crippen LogP contribution in [-0.4, -0.2) is 17.8 Å². The molecule has 0 radical (unpaired) electrons. The average Bonchev–Trinajstić information content (AvgIpc) is 3.04. The Bertz CT molecular complexity index is 1110. The van der Waals surface area contributed by atoms with E-state index in [1.165, 1.54) is 12.3 Å². The van der Waals surface area contributed by atoms with Crippen molar-refractivity contribution in [2.24, 2.45) is 0 Å². The number of nitrogens with one attached hydrogen (secondary N) is 1. The Morgan fingerprint density at radius 1 is 1.19 bits per heavy atom. The molecule has 4 aromatic rings. The number of amides is 1. The quantitative estimate of drug-likeness (QED) is 0.536. The molecule has 0 aliphatic rings. The number of halogens is 2. The average molecular weight is 371 g/mol. The summed E-state index contributed by atoms with van der Waals surface area (Å²) in [5, 5.41) is 4.48. The molecule has 0 bridgehead atoms. The highest BCUT2D eigenvalue weighted by Crippen LogP contribution is 2.37. The number of furan rings is 1. The van der Waals surface area contributed by atoms with Gasteiger partial charge in [-0.05, 0) is 30.3 Å². The lowest BCUT2D eigenvalue weighted by Gasteiger charge is -2.08. The number of para-hydroxylation sites is 1. The maximum Gasteiger partial charge on any atom is 0.257 e. The van der Waals surface area contributed by atoms with Crippen molar-refractivity contribution < 1.29 is 18.3 Å². The number of nitrogens with zero attached hydrogens (tertiary/aromatic N) is 1. The van der Waals surface area contributed by atoms with Crippen LogP contribution in [0.1, 0.15) is 10.4 Å². The third kappa shape index (κ3) is 2.84. The highest BCUT2D eigenvalue weighted by molar-refractivity contribution is 6.30. The van der Waals surface area contributed by atoms with Crippen molar-refractivity contribution in [3.8, 4) is 5.75 Å². The predicted octanol–water partition coefficient (Wildman–Crippen LogP) is 5.19. The number of pyridine rings is 1. The summed E-state index contributed by atoms with van der Waals surface area (Å²) in [7, 11) is 0. The van der Waals surface area contributed by atoms with E-state index >= 15 is 0 Å². The van der Waals surface area contributed by atoms with Gasteiger partial charge in [0.05, 0.1) is 10.6 Å².